The molecule has 0 nitrogen and oxygen atoms in total. The second-order valence-electron chi connectivity index (χ2n) is 3.92. The molecule has 6 heteroatoms. The van der Waals surface area contributed by atoms with E-state index in [0.717, 1.165) is 13.4 Å². The van der Waals surface area contributed by atoms with Crippen LogP contribution in [0.4, 0.5) is 0 Å². The third-order valence-electron chi connectivity index (χ3n) is 2.69. The lowest BCUT2D eigenvalue weighted by Crippen LogP contribution is -1.70. The summed E-state index contributed by atoms with van der Waals surface area (Å²) in [7, 11) is 0. The van der Waals surface area contributed by atoms with Crippen LogP contribution in [0.1, 0.15) is 5.56 Å². The topological polar surface area (TPSA) is 0 Å². The van der Waals surface area contributed by atoms with Gasteiger partial charge in [-0.1, -0.05) is 0 Å². The van der Waals surface area contributed by atoms with Crippen LogP contribution in [0.3, 0.4) is 0 Å². The summed E-state index contributed by atoms with van der Waals surface area (Å²) >= 11 is 16.4. The van der Waals surface area contributed by atoms with E-state index in [1.807, 2.05) is 11.3 Å². The smallest absolute Gasteiger partial charge is 0.0614 e. The Kier molecular flexibility index (Phi) is 4.37. The van der Waals surface area contributed by atoms with Crippen molar-refractivity contribution in [3.05, 3.63) is 41.9 Å². The average molecular weight is 499 g/mol. The third-order valence-corrected chi connectivity index (χ3v) is 9.70. The van der Waals surface area contributed by atoms with Gasteiger partial charge >= 0.3 is 0 Å². The molecule has 0 saturated heterocycles. The largest absolute Gasteiger partial charge is 0.143 e. The minimum Gasteiger partial charge on any atom is -0.143 e. The fourth-order valence-corrected chi connectivity index (χ4v) is 7.65. The maximum Gasteiger partial charge on any atom is 0.0614 e. The highest BCUT2D eigenvalue weighted by molar-refractivity contribution is 9.13. The Hall–Kier alpha value is 0.540. The van der Waals surface area contributed by atoms with Crippen molar-refractivity contribution < 1.29 is 0 Å². The Labute approximate surface area is 148 Å². The highest BCUT2D eigenvalue weighted by Crippen LogP contribution is 2.52. The summed E-state index contributed by atoms with van der Waals surface area (Å²) in [6.07, 6.45) is 0. The first kappa shape index (κ1) is 14.5. The van der Waals surface area contributed by atoms with Crippen molar-refractivity contribution in [2.24, 2.45) is 0 Å². The summed E-state index contributed by atoms with van der Waals surface area (Å²) in [5, 5.41) is 4.25. The molecule has 3 heterocycles. The van der Waals surface area contributed by atoms with Gasteiger partial charge in [-0.05, 0) is 83.2 Å². The van der Waals surface area contributed by atoms with E-state index in [1.165, 1.54) is 25.1 Å². The molecule has 98 valence electrons. The molecule has 0 N–H and O–H groups in total. The van der Waals surface area contributed by atoms with Gasteiger partial charge in [-0.2, -0.15) is 0 Å². The summed E-state index contributed by atoms with van der Waals surface area (Å²) in [5.41, 5.74) is 1.33. The van der Waals surface area contributed by atoms with Gasteiger partial charge in [0, 0.05) is 9.35 Å². The standard InChI is InChI=1S/C13H7Br3S3/c1-6-2-4-17-10(6)12-8(15)9(16)13(19-12)11-7(14)3-5-18-11/h2-5H,1H3. The summed E-state index contributed by atoms with van der Waals surface area (Å²) in [6.45, 7) is 2.16. The summed E-state index contributed by atoms with van der Waals surface area (Å²) in [4.78, 5) is 5.20. The lowest BCUT2D eigenvalue weighted by Gasteiger charge is -1.95. The van der Waals surface area contributed by atoms with E-state index < -0.39 is 0 Å². The van der Waals surface area contributed by atoms with Crippen LogP contribution in [0.2, 0.25) is 0 Å². The van der Waals surface area contributed by atoms with E-state index in [9.17, 15) is 0 Å². The van der Waals surface area contributed by atoms with Gasteiger partial charge < -0.3 is 0 Å². The van der Waals surface area contributed by atoms with Crippen molar-refractivity contribution in [2.45, 2.75) is 6.92 Å². The zero-order valence-corrected chi connectivity index (χ0v) is 16.9. The molecule has 0 atom stereocenters. The van der Waals surface area contributed by atoms with E-state index in [4.69, 9.17) is 0 Å². The molecule has 0 fully saturated rings. The SMILES string of the molecule is Cc1ccsc1-c1sc(-c2sccc2Br)c(Br)c1Br. The fourth-order valence-electron chi connectivity index (χ4n) is 1.74. The Balaban J connectivity index is 2.21. The van der Waals surface area contributed by atoms with Gasteiger partial charge in [-0.25, -0.2) is 0 Å². The van der Waals surface area contributed by atoms with Crippen molar-refractivity contribution >= 4 is 81.8 Å². The molecule has 19 heavy (non-hydrogen) atoms. The van der Waals surface area contributed by atoms with Crippen LogP contribution >= 0.6 is 81.8 Å². The van der Waals surface area contributed by atoms with Crippen LogP contribution in [-0.2, 0) is 0 Å². The average Bonchev–Trinajstić information content (AvgIpc) is 3.04. The number of halogens is 3. The van der Waals surface area contributed by atoms with Crippen LogP contribution in [-0.4, -0.2) is 0 Å². The second kappa shape index (κ2) is 5.73. The molecule has 3 aromatic heterocycles. The molecular formula is C13H7Br3S3. The van der Waals surface area contributed by atoms with Crippen molar-refractivity contribution in [1.29, 1.82) is 0 Å². The number of rotatable bonds is 2. The van der Waals surface area contributed by atoms with Crippen molar-refractivity contribution in [1.82, 2.24) is 0 Å². The number of thiophene rings is 3. The second-order valence-corrected chi connectivity index (χ2v) is 9.21. The summed E-state index contributed by atoms with van der Waals surface area (Å²) < 4.78 is 3.45. The molecule has 3 rings (SSSR count). The molecule has 0 aliphatic carbocycles. The Morgan fingerprint density at radius 2 is 1.37 bits per heavy atom. The van der Waals surface area contributed by atoms with E-state index in [-0.39, 0.29) is 0 Å². The monoisotopic (exact) mass is 496 g/mol. The molecule has 0 aliphatic heterocycles. The van der Waals surface area contributed by atoms with E-state index in [1.54, 1.807) is 22.7 Å². The van der Waals surface area contributed by atoms with Crippen LogP contribution < -0.4 is 0 Å². The zero-order valence-electron chi connectivity index (χ0n) is 9.67. The van der Waals surface area contributed by atoms with Gasteiger partial charge in [0.15, 0.2) is 0 Å². The molecule has 0 aliphatic rings. The van der Waals surface area contributed by atoms with Crippen molar-refractivity contribution in [3.8, 4) is 19.5 Å². The molecule has 0 saturated carbocycles. The maximum absolute atomic E-state index is 3.73. The first-order chi connectivity index (χ1) is 9.09. The van der Waals surface area contributed by atoms with Crippen LogP contribution in [0, 0.1) is 6.92 Å². The third kappa shape index (κ3) is 2.56. The van der Waals surface area contributed by atoms with Crippen molar-refractivity contribution in [2.75, 3.05) is 0 Å². The van der Waals surface area contributed by atoms with Gasteiger partial charge in [-0.3, -0.25) is 0 Å². The minimum atomic E-state index is 1.14. The van der Waals surface area contributed by atoms with E-state index in [2.05, 4.69) is 77.6 Å². The van der Waals surface area contributed by atoms with Crippen LogP contribution in [0.5, 0.6) is 0 Å². The van der Waals surface area contributed by atoms with Crippen LogP contribution in [0.25, 0.3) is 19.5 Å². The molecule has 0 unspecified atom stereocenters. The minimum absolute atomic E-state index is 1.14. The van der Waals surface area contributed by atoms with E-state index >= 15 is 0 Å². The molecule has 3 aromatic rings. The molecule has 0 bridgehead atoms. The quantitative estimate of drug-likeness (QED) is 0.338. The fraction of sp³-hybridized carbons (Fsp3) is 0.0769. The highest BCUT2D eigenvalue weighted by Gasteiger charge is 2.20. The highest BCUT2D eigenvalue weighted by atomic mass is 79.9. The Morgan fingerprint density at radius 3 is 1.89 bits per heavy atom. The number of aryl methyl sites for hydroxylation is 1. The Bertz CT molecular complexity index is 675. The summed E-state index contributed by atoms with van der Waals surface area (Å²) in [6, 6.07) is 4.26. The predicted octanol–water partition coefficient (Wildman–Crippen LogP) is 7.80. The number of hydrogen-bond acceptors (Lipinski definition) is 3. The normalized spacial score (nSPS) is 11.2. The van der Waals surface area contributed by atoms with Gasteiger partial charge in [0.2, 0.25) is 0 Å². The lowest BCUT2D eigenvalue weighted by molar-refractivity contribution is 1.55. The molecule has 0 amide bonds. The Morgan fingerprint density at radius 1 is 0.789 bits per heavy atom. The van der Waals surface area contributed by atoms with Gasteiger partial charge in [0.25, 0.3) is 0 Å². The molecule has 0 radical (unpaired) electrons. The van der Waals surface area contributed by atoms with E-state index in [0.29, 0.717) is 0 Å². The molecule has 0 spiro atoms. The lowest BCUT2D eigenvalue weighted by atomic mass is 10.2. The molecule has 0 aromatic carbocycles. The van der Waals surface area contributed by atoms with Crippen LogP contribution in [0.15, 0.2) is 36.3 Å². The summed E-state index contributed by atoms with van der Waals surface area (Å²) in [5.74, 6) is 0. The molecular weight excluding hydrogens is 492 g/mol. The van der Waals surface area contributed by atoms with Crippen molar-refractivity contribution in [3.63, 3.8) is 0 Å². The maximum atomic E-state index is 3.73. The zero-order chi connectivity index (χ0) is 13.6. The number of hydrogen-bond donors (Lipinski definition) is 0. The van der Waals surface area contributed by atoms with Gasteiger partial charge in [0.05, 0.1) is 23.6 Å². The first-order valence-corrected chi connectivity index (χ1v) is 10.3. The first-order valence-electron chi connectivity index (χ1n) is 5.35. The van der Waals surface area contributed by atoms with Gasteiger partial charge in [-0.15, -0.1) is 34.0 Å². The van der Waals surface area contributed by atoms with Gasteiger partial charge in [0.1, 0.15) is 0 Å². The predicted molar refractivity (Wildman–Crippen MR) is 98.8 cm³/mol.